The Hall–Kier alpha value is -1.83. The van der Waals surface area contributed by atoms with Crippen molar-refractivity contribution in [3.05, 3.63) is 55.7 Å². The summed E-state index contributed by atoms with van der Waals surface area (Å²) < 4.78 is 6.87. The van der Waals surface area contributed by atoms with E-state index in [1.165, 1.54) is 0 Å². The number of thioether (sulfide) groups is 1. The lowest BCUT2D eigenvalue weighted by atomic mass is 10.2. The molecule has 0 fully saturated rings. The Morgan fingerprint density at radius 3 is 2.88 bits per heavy atom. The largest absolute Gasteiger partial charge is 0.461 e. The lowest BCUT2D eigenvalue weighted by Crippen LogP contribution is -2.18. The summed E-state index contributed by atoms with van der Waals surface area (Å²) in [6.07, 6.45) is 2.13. The van der Waals surface area contributed by atoms with Crippen LogP contribution in [0.4, 0.5) is 0 Å². The standard InChI is InChI=1S/C18H17ClN2O3S2/c1-11-10-26-18(23)21(11)6-5-16(22)24-9-13-7-12-3-4-14(25-2)8-15(12)20-17(13)19/h3-4,7-8,10H,5-6,9H2,1-2H3. The molecule has 0 aliphatic heterocycles. The molecule has 0 aliphatic carbocycles. The van der Waals surface area contributed by atoms with Crippen molar-refractivity contribution < 1.29 is 9.53 Å². The first-order valence-corrected chi connectivity index (χ1v) is 10.4. The third kappa shape index (κ3) is 4.28. The van der Waals surface area contributed by atoms with Gasteiger partial charge in [-0.2, -0.15) is 0 Å². The van der Waals surface area contributed by atoms with Crippen LogP contribution in [0.2, 0.25) is 5.15 Å². The van der Waals surface area contributed by atoms with E-state index in [0.29, 0.717) is 17.3 Å². The van der Waals surface area contributed by atoms with Gasteiger partial charge in [-0.3, -0.25) is 9.59 Å². The average molecular weight is 409 g/mol. The van der Waals surface area contributed by atoms with Gasteiger partial charge in [0.1, 0.15) is 11.8 Å². The number of benzene rings is 1. The molecule has 26 heavy (non-hydrogen) atoms. The average Bonchev–Trinajstić information content (AvgIpc) is 2.95. The Kier molecular flexibility index (Phi) is 6.01. The number of thiazole rings is 1. The molecule has 8 heteroatoms. The first-order valence-electron chi connectivity index (χ1n) is 7.91. The van der Waals surface area contributed by atoms with Crippen molar-refractivity contribution in [1.29, 1.82) is 0 Å². The lowest BCUT2D eigenvalue weighted by Gasteiger charge is -2.09. The maximum Gasteiger partial charge on any atom is 0.307 e. The number of nitrogens with zero attached hydrogens (tertiary/aromatic N) is 2. The maximum absolute atomic E-state index is 12.0. The zero-order valence-corrected chi connectivity index (χ0v) is 16.7. The molecule has 0 bridgehead atoms. The number of pyridine rings is 1. The minimum absolute atomic E-state index is 0.0579. The van der Waals surface area contributed by atoms with Crippen LogP contribution in [-0.2, 0) is 22.7 Å². The number of carbonyl (C=O) groups is 1. The second kappa shape index (κ2) is 8.24. The molecule has 0 amide bonds. The molecule has 5 nitrogen and oxygen atoms in total. The Balaban J connectivity index is 1.64. The van der Waals surface area contributed by atoms with Crippen molar-refractivity contribution in [3.63, 3.8) is 0 Å². The molecule has 0 saturated heterocycles. The van der Waals surface area contributed by atoms with E-state index in [4.69, 9.17) is 16.3 Å². The van der Waals surface area contributed by atoms with Crippen molar-refractivity contribution in [2.75, 3.05) is 6.26 Å². The van der Waals surface area contributed by atoms with E-state index in [2.05, 4.69) is 4.98 Å². The van der Waals surface area contributed by atoms with Crippen LogP contribution in [-0.4, -0.2) is 21.8 Å². The highest BCUT2D eigenvalue weighted by molar-refractivity contribution is 7.98. The number of aryl methyl sites for hydroxylation is 1. The number of fused-ring (bicyclic) bond motifs is 1. The maximum atomic E-state index is 12.0. The minimum atomic E-state index is -0.378. The molecule has 2 aromatic heterocycles. The van der Waals surface area contributed by atoms with Gasteiger partial charge in [0.25, 0.3) is 0 Å². The molecular formula is C18H17ClN2O3S2. The molecular weight excluding hydrogens is 392 g/mol. The first-order chi connectivity index (χ1) is 12.5. The summed E-state index contributed by atoms with van der Waals surface area (Å²) in [6.45, 7) is 2.21. The third-order valence-electron chi connectivity index (χ3n) is 3.96. The summed E-state index contributed by atoms with van der Waals surface area (Å²) in [5.74, 6) is -0.378. The molecule has 3 aromatic rings. The summed E-state index contributed by atoms with van der Waals surface area (Å²) in [5, 5.41) is 3.04. The third-order valence-corrected chi connectivity index (χ3v) is 5.89. The number of hydrogen-bond donors (Lipinski definition) is 0. The molecule has 136 valence electrons. The number of halogens is 1. The van der Waals surface area contributed by atoms with Gasteiger partial charge in [0, 0.05) is 33.5 Å². The van der Waals surface area contributed by atoms with Crippen molar-refractivity contribution in [2.24, 2.45) is 0 Å². The molecule has 0 saturated carbocycles. The monoisotopic (exact) mass is 408 g/mol. The smallest absolute Gasteiger partial charge is 0.307 e. The van der Waals surface area contributed by atoms with Crippen molar-refractivity contribution in [3.8, 4) is 0 Å². The Bertz CT molecular complexity index is 1010. The van der Waals surface area contributed by atoms with Crippen molar-refractivity contribution in [2.45, 2.75) is 31.4 Å². The summed E-state index contributed by atoms with van der Waals surface area (Å²) in [7, 11) is 0. The van der Waals surface area contributed by atoms with Crippen LogP contribution in [0.1, 0.15) is 17.7 Å². The molecule has 0 radical (unpaired) electrons. The Labute approximate surface area is 164 Å². The van der Waals surface area contributed by atoms with Gasteiger partial charge >= 0.3 is 10.8 Å². The highest BCUT2D eigenvalue weighted by atomic mass is 35.5. The van der Waals surface area contributed by atoms with Crippen molar-refractivity contribution in [1.82, 2.24) is 9.55 Å². The predicted octanol–water partition coefficient (Wildman–Crippen LogP) is 4.28. The fourth-order valence-corrected chi connectivity index (χ4v) is 3.90. The van der Waals surface area contributed by atoms with Gasteiger partial charge in [-0.15, -0.1) is 11.8 Å². The fraction of sp³-hybridized carbons (Fsp3) is 0.278. The van der Waals surface area contributed by atoms with E-state index in [-0.39, 0.29) is 23.9 Å². The van der Waals surface area contributed by atoms with E-state index in [1.54, 1.807) is 21.7 Å². The van der Waals surface area contributed by atoms with E-state index >= 15 is 0 Å². The highest BCUT2D eigenvalue weighted by Crippen LogP contribution is 2.25. The quantitative estimate of drug-likeness (QED) is 0.346. The van der Waals surface area contributed by atoms with Crippen LogP contribution in [0, 0.1) is 6.92 Å². The first kappa shape index (κ1) is 18.9. The predicted molar refractivity (Wildman–Crippen MR) is 106 cm³/mol. The van der Waals surface area contributed by atoms with E-state index in [0.717, 1.165) is 32.8 Å². The van der Waals surface area contributed by atoms with Crippen LogP contribution < -0.4 is 4.87 Å². The number of ether oxygens (including phenoxy) is 1. The lowest BCUT2D eigenvalue weighted by molar-refractivity contribution is -0.145. The molecule has 0 spiro atoms. The van der Waals surface area contributed by atoms with Crippen LogP contribution in [0.25, 0.3) is 10.9 Å². The number of carbonyl (C=O) groups excluding carboxylic acids is 1. The van der Waals surface area contributed by atoms with Crippen molar-refractivity contribution >= 4 is 51.6 Å². The summed E-state index contributed by atoms with van der Waals surface area (Å²) in [5.41, 5.74) is 2.32. The van der Waals surface area contributed by atoms with E-state index in [9.17, 15) is 9.59 Å². The number of aromatic nitrogens is 2. The van der Waals surface area contributed by atoms with Crippen LogP contribution in [0.5, 0.6) is 0 Å². The molecule has 0 N–H and O–H groups in total. The number of hydrogen-bond acceptors (Lipinski definition) is 6. The molecule has 0 aliphatic rings. The molecule has 3 rings (SSSR count). The van der Waals surface area contributed by atoms with Gasteiger partial charge in [-0.1, -0.05) is 29.0 Å². The SMILES string of the molecule is CSc1ccc2cc(COC(=O)CCn3c(C)csc3=O)c(Cl)nc2c1. The summed E-state index contributed by atoms with van der Waals surface area (Å²) in [6, 6.07) is 7.85. The van der Waals surface area contributed by atoms with Gasteiger partial charge in [-0.25, -0.2) is 4.98 Å². The van der Waals surface area contributed by atoms with Crippen LogP contribution in [0.15, 0.2) is 39.3 Å². The molecule has 1 aromatic carbocycles. The van der Waals surface area contributed by atoms with E-state index < -0.39 is 0 Å². The Morgan fingerprint density at radius 2 is 2.19 bits per heavy atom. The van der Waals surface area contributed by atoms with Gasteiger partial charge in [0.2, 0.25) is 0 Å². The summed E-state index contributed by atoms with van der Waals surface area (Å²) in [4.78, 5) is 29.1. The zero-order chi connectivity index (χ0) is 18.7. The Morgan fingerprint density at radius 1 is 1.38 bits per heavy atom. The second-order valence-corrected chi connectivity index (χ2v) is 7.76. The summed E-state index contributed by atoms with van der Waals surface area (Å²) >= 11 is 8.99. The highest BCUT2D eigenvalue weighted by Gasteiger charge is 2.11. The van der Waals surface area contributed by atoms with E-state index in [1.807, 2.05) is 37.4 Å². The second-order valence-electron chi connectivity index (χ2n) is 5.70. The molecule has 0 unspecified atom stereocenters. The minimum Gasteiger partial charge on any atom is -0.461 e. The normalized spacial score (nSPS) is 11.0. The van der Waals surface area contributed by atoms with Gasteiger partial charge in [0.15, 0.2) is 0 Å². The van der Waals surface area contributed by atoms with Crippen LogP contribution in [0.3, 0.4) is 0 Å². The fourth-order valence-electron chi connectivity index (χ4n) is 2.50. The molecule has 2 heterocycles. The molecule has 0 atom stereocenters. The van der Waals surface area contributed by atoms with Crippen LogP contribution >= 0.6 is 34.7 Å². The van der Waals surface area contributed by atoms with Gasteiger partial charge < -0.3 is 9.30 Å². The van der Waals surface area contributed by atoms with Gasteiger partial charge in [-0.05, 0) is 31.4 Å². The number of rotatable bonds is 6. The zero-order valence-electron chi connectivity index (χ0n) is 14.3. The topological polar surface area (TPSA) is 61.2 Å². The van der Waals surface area contributed by atoms with Gasteiger partial charge in [0.05, 0.1) is 11.9 Å². The number of esters is 1.